The van der Waals surface area contributed by atoms with Gasteiger partial charge in [-0.3, -0.25) is 0 Å². The maximum atomic E-state index is 9.28. The molecule has 0 saturated carbocycles. The first-order chi connectivity index (χ1) is 27.1. The third kappa shape index (κ3) is 5.68. The standard InChI is InChI=1S/2C20H21.C12H9Si.2ClH.Zr/c2*1-4-15-12-17-10-11-18(14(2)3)20(19(17)13-15)16-8-6-5-7-9-16;1-3-7-11-9(5-1)10-6-2-4-8-12(10)13-11;;;/h2*5-14H,4H2,1-3H3;1-7H,13H2;2*1H;/q;;;;;+2/p-2. The molecule has 56 heavy (non-hydrogen) atoms. The van der Waals surface area contributed by atoms with Gasteiger partial charge in [0.1, 0.15) is 0 Å². The van der Waals surface area contributed by atoms with Crippen LogP contribution in [0, 0.1) is 0 Å². The Balaban J connectivity index is 1.39. The van der Waals surface area contributed by atoms with Gasteiger partial charge in [-0.25, -0.2) is 0 Å². The van der Waals surface area contributed by atoms with Gasteiger partial charge < -0.3 is 0 Å². The molecule has 1 heterocycles. The first kappa shape index (κ1) is 38.0. The fraction of sp³-hybridized carbons (Fsp3) is 0.231. The number of benzene rings is 6. The van der Waals surface area contributed by atoms with E-state index in [-0.39, 0.29) is 7.25 Å². The van der Waals surface area contributed by atoms with Crippen LogP contribution >= 0.6 is 17.0 Å². The Labute approximate surface area is 344 Å². The summed E-state index contributed by atoms with van der Waals surface area (Å²) >= 11 is -5.58. The molecule has 2 atom stereocenters. The molecule has 6 aromatic carbocycles. The molecule has 0 saturated heterocycles. The van der Waals surface area contributed by atoms with Gasteiger partial charge in [-0.2, -0.15) is 0 Å². The summed E-state index contributed by atoms with van der Waals surface area (Å²) in [4.78, 5) is 0. The first-order valence-corrected chi connectivity index (χ1v) is 32.5. The molecule has 0 fully saturated rings. The van der Waals surface area contributed by atoms with Gasteiger partial charge in [-0.15, -0.1) is 0 Å². The second-order valence-electron chi connectivity index (χ2n) is 16.9. The van der Waals surface area contributed by atoms with Crippen molar-refractivity contribution in [3.63, 3.8) is 0 Å². The van der Waals surface area contributed by atoms with E-state index in [0.29, 0.717) is 11.8 Å². The van der Waals surface area contributed by atoms with Crippen LogP contribution in [0.15, 0.2) is 139 Å². The second-order valence-corrected chi connectivity index (χ2v) is 39.4. The van der Waals surface area contributed by atoms with Gasteiger partial charge >= 0.3 is 348 Å². The van der Waals surface area contributed by atoms with E-state index in [4.69, 9.17) is 0 Å². The van der Waals surface area contributed by atoms with Crippen LogP contribution in [0.4, 0.5) is 0 Å². The molecule has 0 amide bonds. The van der Waals surface area contributed by atoms with Crippen molar-refractivity contribution >= 4 is 52.3 Å². The van der Waals surface area contributed by atoms with Gasteiger partial charge in [0.05, 0.1) is 0 Å². The second kappa shape index (κ2) is 14.4. The first-order valence-electron chi connectivity index (χ1n) is 20.7. The van der Waals surface area contributed by atoms with Crippen LogP contribution in [0.1, 0.15) is 107 Å². The fourth-order valence-corrected chi connectivity index (χ4v) is 39.1. The van der Waals surface area contributed by atoms with E-state index in [0.717, 1.165) is 12.8 Å². The Kier molecular flexibility index (Phi) is 9.77. The molecule has 2 unspecified atom stereocenters. The average Bonchev–Trinajstić information content (AvgIpc) is 3.92. The number of rotatable bonds is 9. The van der Waals surface area contributed by atoms with Crippen LogP contribution in [0.2, 0.25) is 0 Å². The molecule has 281 valence electrons. The number of allylic oxidation sites excluding steroid dienone is 2. The van der Waals surface area contributed by atoms with Crippen LogP contribution in [-0.4, -0.2) is 9.52 Å². The molecule has 0 radical (unpaired) electrons. The summed E-state index contributed by atoms with van der Waals surface area (Å²) in [7, 11) is 17.7. The quantitative estimate of drug-likeness (QED) is 0.127. The molecule has 3 aliphatic rings. The predicted molar refractivity (Wildman–Crippen MR) is 245 cm³/mol. The molecule has 0 nitrogen and oxygen atoms in total. The average molecular weight is 866 g/mol. The zero-order valence-corrected chi connectivity index (χ0v) is 38.8. The van der Waals surface area contributed by atoms with E-state index in [9.17, 15) is 17.0 Å². The summed E-state index contributed by atoms with van der Waals surface area (Å²) in [6.45, 7) is 13.9. The summed E-state index contributed by atoms with van der Waals surface area (Å²) < 4.78 is 1.14. The molecule has 0 N–H and O–H groups in total. The Bertz CT molecular complexity index is 2450. The van der Waals surface area contributed by atoms with Crippen molar-refractivity contribution in [1.29, 1.82) is 0 Å². The zero-order chi connectivity index (χ0) is 39.0. The van der Waals surface area contributed by atoms with Crippen molar-refractivity contribution in [3.05, 3.63) is 172 Å². The number of hydrogen-bond donors (Lipinski definition) is 0. The molecule has 0 spiro atoms. The van der Waals surface area contributed by atoms with Crippen molar-refractivity contribution < 1.29 is 16.4 Å². The van der Waals surface area contributed by atoms with Crippen molar-refractivity contribution in [2.45, 2.75) is 73.5 Å². The van der Waals surface area contributed by atoms with Crippen LogP contribution < -0.4 is 13.6 Å². The molecule has 1 aliphatic heterocycles. The minimum absolute atomic E-state index is 0.0801. The number of hydrogen-bond acceptors (Lipinski definition) is 0. The fourth-order valence-electron chi connectivity index (χ4n) is 10.8. The molecule has 0 bridgehead atoms. The maximum absolute atomic E-state index is 9.28. The van der Waals surface area contributed by atoms with Gasteiger partial charge in [0, 0.05) is 0 Å². The molecule has 4 heteroatoms. The molecular formula is C52H51Cl2SiZr. The molecule has 0 aromatic heterocycles. The summed E-state index contributed by atoms with van der Waals surface area (Å²) in [5.74, 6) is 0.735. The Hall–Kier alpha value is -3.52. The topological polar surface area (TPSA) is 0 Å². The summed E-state index contributed by atoms with van der Waals surface area (Å²) in [6, 6.07) is 47.7. The van der Waals surface area contributed by atoms with Gasteiger partial charge in [0.15, 0.2) is 0 Å². The summed E-state index contributed by atoms with van der Waals surface area (Å²) in [5, 5.41) is 2.97. The van der Waals surface area contributed by atoms with Crippen LogP contribution in [0.3, 0.4) is 0 Å². The molecule has 2 aliphatic carbocycles. The summed E-state index contributed by atoms with van der Waals surface area (Å²) in [6.07, 6.45) is 6.83. The monoisotopic (exact) mass is 863 g/mol. The van der Waals surface area contributed by atoms with E-state index >= 15 is 0 Å². The SMILES string of the molecule is CCC1=Cc2c(ccc(C(C)C)c2-c2ccccc2)[CH]1[Zr]([Cl])([Cl])([c]1cccc2c1[SiH2]c1ccccc1-2)[CH]1C(CC)=Cc2c1ccc(C(C)C)c2-c1ccccc1. The van der Waals surface area contributed by atoms with E-state index < -0.39 is 25.9 Å². The molecular weight excluding hydrogens is 815 g/mol. The van der Waals surface area contributed by atoms with Crippen molar-refractivity contribution in [1.82, 2.24) is 0 Å². The van der Waals surface area contributed by atoms with E-state index in [1.54, 1.807) is 0 Å². The van der Waals surface area contributed by atoms with Crippen LogP contribution in [-0.2, 0) is 16.4 Å². The predicted octanol–water partition coefficient (Wildman–Crippen LogP) is 13.1. The Morgan fingerprint density at radius 1 is 0.536 bits per heavy atom. The number of halogens is 2. The molecule has 9 rings (SSSR count). The van der Waals surface area contributed by atoms with Gasteiger partial charge in [-0.1, -0.05) is 0 Å². The van der Waals surface area contributed by atoms with E-state index in [1.165, 1.54) is 91.6 Å². The summed E-state index contributed by atoms with van der Waals surface area (Å²) in [5.41, 5.74) is 18.7. The number of fused-ring (bicyclic) bond motifs is 5. The van der Waals surface area contributed by atoms with Gasteiger partial charge in [0.2, 0.25) is 0 Å². The van der Waals surface area contributed by atoms with E-state index in [1.807, 2.05) is 0 Å². The van der Waals surface area contributed by atoms with Crippen molar-refractivity contribution in [2.75, 3.05) is 0 Å². The van der Waals surface area contributed by atoms with Gasteiger partial charge in [-0.05, 0) is 0 Å². The molecule has 6 aromatic rings. The minimum atomic E-state index is -5.58. The third-order valence-corrected chi connectivity index (χ3v) is 36.0. The van der Waals surface area contributed by atoms with E-state index in [2.05, 4.69) is 181 Å². The van der Waals surface area contributed by atoms with Crippen molar-refractivity contribution in [3.8, 4) is 33.4 Å². The normalized spacial score (nSPS) is 18.0. The third-order valence-electron chi connectivity index (χ3n) is 13.3. The zero-order valence-electron chi connectivity index (χ0n) is 33.5. The van der Waals surface area contributed by atoms with Gasteiger partial charge in [0.25, 0.3) is 0 Å². The Morgan fingerprint density at radius 2 is 1.00 bits per heavy atom. The van der Waals surface area contributed by atoms with Crippen LogP contribution in [0.5, 0.6) is 0 Å². The Morgan fingerprint density at radius 3 is 1.48 bits per heavy atom. The van der Waals surface area contributed by atoms with Crippen LogP contribution in [0.25, 0.3) is 45.5 Å². The van der Waals surface area contributed by atoms with Crippen molar-refractivity contribution in [2.24, 2.45) is 0 Å².